The largest absolute Gasteiger partial charge is 0.478 e. The molecule has 26 heavy (non-hydrogen) atoms. The quantitative estimate of drug-likeness (QED) is 0.573. The Morgan fingerprint density at radius 1 is 1.31 bits per heavy atom. The third kappa shape index (κ3) is 2.27. The van der Waals surface area contributed by atoms with E-state index >= 15 is 0 Å². The average Bonchev–Trinajstić information content (AvgIpc) is 3.23. The average molecular weight is 343 g/mol. The molecule has 5 nitrogen and oxygen atoms in total. The van der Waals surface area contributed by atoms with Crippen molar-refractivity contribution in [3.05, 3.63) is 65.1 Å². The summed E-state index contributed by atoms with van der Waals surface area (Å²) in [6.07, 6.45) is 6.52. The van der Waals surface area contributed by atoms with Crippen LogP contribution >= 0.6 is 0 Å². The molecule has 0 saturated heterocycles. The summed E-state index contributed by atoms with van der Waals surface area (Å²) in [5.41, 5.74) is 6.27. The summed E-state index contributed by atoms with van der Waals surface area (Å²) in [6, 6.07) is 9.82. The number of aromatic carboxylic acids is 1. The Balaban J connectivity index is 2.09. The third-order valence-electron chi connectivity index (χ3n) is 4.87. The van der Waals surface area contributed by atoms with Crippen LogP contribution < -0.4 is 0 Å². The summed E-state index contributed by atoms with van der Waals surface area (Å²) < 4.78 is 1.98. The van der Waals surface area contributed by atoms with E-state index in [1.54, 1.807) is 13.0 Å². The molecule has 0 amide bonds. The number of aromatic amines is 1. The number of nitriles is 1. The van der Waals surface area contributed by atoms with E-state index in [1.807, 2.05) is 41.2 Å². The van der Waals surface area contributed by atoms with Gasteiger partial charge in [0.05, 0.1) is 22.2 Å². The van der Waals surface area contributed by atoms with Crippen molar-refractivity contribution >= 4 is 22.4 Å². The standard InChI is InChI=1S/C21H17N3O2/c1-3-13-11-24-10-12(2)17(21(25)26)8-18(24)19(13)15-6-14-4-5-23-20(14)16(7-15)9-22/h4-8,10-11,23H,3H2,1-2H3,(H,25,26). The van der Waals surface area contributed by atoms with Gasteiger partial charge >= 0.3 is 5.97 Å². The fourth-order valence-corrected chi connectivity index (χ4v) is 3.61. The van der Waals surface area contributed by atoms with Crippen molar-refractivity contribution < 1.29 is 9.90 Å². The third-order valence-corrected chi connectivity index (χ3v) is 4.87. The van der Waals surface area contributed by atoms with Crippen LogP contribution in [0.3, 0.4) is 0 Å². The number of carboxylic acids is 1. The molecule has 0 bridgehead atoms. The number of benzene rings is 1. The number of rotatable bonds is 3. The van der Waals surface area contributed by atoms with Crippen molar-refractivity contribution in [3.8, 4) is 17.2 Å². The van der Waals surface area contributed by atoms with Gasteiger partial charge in [-0.2, -0.15) is 5.26 Å². The molecule has 3 heterocycles. The van der Waals surface area contributed by atoms with E-state index in [2.05, 4.69) is 18.0 Å². The number of carbonyl (C=O) groups is 1. The van der Waals surface area contributed by atoms with Gasteiger partial charge in [0.15, 0.2) is 0 Å². The van der Waals surface area contributed by atoms with E-state index in [1.165, 1.54) is 0 Å². The summed E-state index contributed by atoms with van der Waals surface area (Å²) in [5, 5.41) is 20.0. The van der Waals surface area contributed by atoms with E-state index in [0.29, 0.717) is 16.7 Å². The summed E-state index contributed by atoms with van der Waals surface area (Å²) in [6.45, 7) is 3.87. The zero-order valence-electron chi connectivity index (χ0n) is 14.5. The molecule has 2 N–H and O–H groups in total. The van der Waals surface area contributed by atoms with Crippen molar-refractivity contribution in [2.24, 2.45) is 0 Å². The first-order chi connectivity index (χ1) is 12.5. The van der Waals surface area contributed by atoms with Gasteiger partial charge in [-0.15, -0.1) is 0 Å². The molecule has 0 spiro atoms. The lowest BCUT2D eigenvalue weighted by Crippen LogP contribution is -2.01. The van der Waals surface area contributed by atoms with E-state index < -0.39 is 5.97 Å². The topological polar surface area (TPSA) is 81.3 Å². The zero-order valence-corrected chi connectivity index (χ0v) is 14.5. The van der Waals surface area contributed by atoms with Crippen LogP contribution in [0, 0.1) is 18.3 Å². The Morgan fingerprint density at radius 2 is 2.12 bits per heavy atom. The smallest absolute Gasteiger partial charge is 0.336 e. The van der Waals surface area contributed by atoms with Gasteiger partial charge in [0.1, 0.15) is 6.07 Å². The molecular formula is C21H17N3O2. The number of nitrogens with one attached hydrogen (secondary N) is 1. The maximum Gasteiger partial charge on any atom is 0.336 e. The van der Waals surface area contributed by atoms with Gasteiger partial charge in [0.25, 0.3) is 0 Å². The van der Waals surface area contributed by atoms with Crippen molar-refractivity contribution in [1.82, 2.24) is 9.38 Å². The number of aromatic nitrogens is 2. The van der Waals surface area contributed by atoms with Gasteiger partial charge in [-0.1, -0.05) is 6.92 Å². The first-order valence-electron chi connectivity index (χ1n) is 8.42. The predicted octanol–water partition coefficient (Wildman–Crippen LogP) is 4.53. The molecular weight excluding hydrogens is 326 g/mol. The number of nitrogens with zero attached hydrogens (tertiary/aromatic N) is 2. The molecule has 0 aliphatic rings. The number of aryl methyl sites for hydroxylation is 2. The van der Waals surface area contributed by atoms with E-state index in [9.17, 15) is 15.2 Å². The molecule has 3 aromatic heterocycles. The molecule has 4 rings (SSSR count). The second kappa shape index (κ2) is 5.78. The van der Waals surface area contributed by atoms with Gasteiger partial charge in [-0.05, 0) is 54.3 Å². The maximum absolute atomic E-state index is 11.6. The van der Waals surface area contributed by atoms with Crippen LogP contribution in [0.15, 0.2) is 42.9 Å². The van der Waals surface area contributed by atoms with Crippen LogP contribution in [0.4, 0.5) is 0 Å². The maximum atomic E-state index is 11.6. The molecule has 0 unspecified atom stereocenters. The highest BCUT2D eigenvalue weighted by atomic mass is 16.4. The fourth-order valence-electron chi connectivity index (χ4n) is 3.61. The lowest BCUT2D eigenvalue weighted by Gasteiger charge is -2.08. The molecule has 128 valence electrons. The molecule has 0 aliphatic carbocycles. The highest BCUT2D eigenvalue weighted by Crippen LogP contribution is 2.35. The minimum Gasteiger partial charge on any atom is -0.478 e. The Bertz CT molecular complexity index is 1220. The Kier molecular flexibility index (Phi) is 3.55. The lowest BCUT2D eigenvalue weighted by atomic mass is 9.97. The van der Waals surface area contributed by atoms with Crippen LogP contribution in [-0.2, 0) is 6.42 Å². The first kappa shape index (κ1) is 16.0. The summed E-state index contributed by atoms with van der Waals surface area (Å²) >= 11 is 0. The van der Waals surface area contributed by atoms with E-state index in [-0.39, 0.29) is 0 Å². The van der Waals surface area contributed by atoms with Gasteiger partial charge in [-0.25, -0.2) is 4.79 Å². The second-order valence-corrected chi connectivity index (χ2v) is 6.43. The lowest BCUT2D eigenvalue weighted by molar-refractivity contribution is 0.0696. The number of fused-ring (bicyclic) bond motifs is 2. The van der Waals surface area contributed by atoms with Crippen LogP contribution in [0.5, 0.6) is 0 Å². The SMILES string of the molecule is CCc1cn2cc(C)c(C(=O)O)cc2c1-c1cc(C#N)c2[nH]ccc2c1. The second-order valence-electron chi connectivity index (χ2n) is 6.43. The van der Waals surface area contributed by atoms with Gasteiger partial charge in [0, 0.05) is 29.5 Å². The molecule has 0 atom stereocenters. The Morgan fingerprint density at radius 3 is 2.81 bits per heavy atom. The Hall–Kier alpha value is -3.52. The number of H-pyrrole nitrogens is 1. The zero-order chi connectivity index (χ0) is 18.4. The van der Waals surface area contributed by atoms with Gasteiger partial charge in [0.2, 0.25) is 0 Å². The van der Waals surface area contributed by atoms with Crippen LogP contribution in [0.2, 0.25) is 0 Å². The molecule has 5 heteroatoms. The van der Waals surface area contributed by atoms with Gasteiger partial charge < -0.3 is 14.5 Å². The van der Waals surface area contributed by atoms with Crippen molar-refractivity contribution in [2.45, 2.75) is 20.3 Å². The van der Waals surface area contributed by atoms with Crippen LogP contribution in [0.1, 0.15) is 34.0 Å². The number of pyridine rings is 1. The molecule has 1 aromatic carbocycles. The van der Waals surface area contributed by atoms with E-state index in [0.717, 1.165) is 39.5 Å². The highest BCUT2D eigenvalue weighted by molar-refractivity contribution is 5.97. The van der Waals surface area contributed by atoms with Crippen molar-refractivity contribution in [2.75, 3.05) is 0 Å². The van der Waals surface area contributed by atoms with Crippen LogP contribution in [-0.4, -0.2) is 20.5 Å². The van der Waals surface area contributed by atoms with Crippen molar-refractivity contribution in [1.29, 1.82) is 5.26 Å². The van der Waals surface area contributed by atoms with Crippen LogP contribution in [0.25, 0.3) is 27.5 Å². The highest BCUT2D eigenvalue weighted by Gasteiger charge is 2.17. The normalized spacial score (nSPS) is 11.1. The molecule has 0 fully saturated rings. The van der Waals surface area contributed by atoms with Gasteiger partial charge in [-0.3, -0.25) is 0 Å². The fraction of sp³-hybridized carbons (Fsp3) is 0.143. The first-order valence-corrected chi connectivity index (χ1v) is 8.42. The predicted molar refractivity (Wildman–Crippen MR) is 100 cm³/mol. The summed E-state index contributed by atoms with van der Waals surface area (Å²) in [4.78, 5) is 14.7. The van der Waals surface area contributed by atoms with E-state index in [4.69, 9.17) is 0 Å². The number of hydrogen-bond donors (Lipinski definition) is 2. The Labute approximate surface area is 150 Å². The molecule has 0 saturated carbocycles. The molecule has 0 aliphatic heterocycles. The van der Waals surface area contributed by atoms with Crippen molar-refractivity contribution in [3.63, 3.8) is 0 Å². The minimum atomic E-state index is -0.936. The molecule has 0 radical (unpaired) electrons. The monoisotopic (exact) mass is 343 g/mol. The molecule has 4 aromatic rings. The summed E-state index contributed by atoms with van der Waals surface area (Å²) in [7, 11) is 0. The minimum absolute atomic E-state index is 0.294. The summed E-state index contributed by atoms with van der Waals surface area (Å²) in [5.74, 6) is -0.936. The number of hydrogen-bond acceptors (Lipinski definition) is 2. The number of carboxylic acid groups (broad SMARTS) is 1.